The van der Waals surface area contributed by atoms with Crippen molar-refractivity contribution < 1.29 is 4.74 Å². The van der Waals surface area contributed by atoms with Crippen LogP contribution in [0.5, 0.6) is 0 Å². The maximum atomic E-state index is 5.34. The minimum atomic E-state index is 0.695. The molecule has 0 saturated carbocycles. The summed E-state index contributed by atoms with van der Waals surface area (Å²) >= 11 is 0. The highest BCUT2D eigenvalue weighted by atomic mass is 16.5. The molecule has 1 heteroatoms. The topological polar surface area (TPSA) is 9.23 Å². The molecule has 0 unspecified atom stereocenters. The Labute approximate surface area is 74.4 Å². The summed E-state index contributed by atoms with van der Waals surface area (Å²) in [4.78, 5) is 0. The molecule has 0 saturated heterocycles. The normalized spacial score (nSPS) is 9.75. The van der Waals surface area contributed by atoms with Crippen LogP contribution in [-0.2, 0) is 11.3 Å². The summed E-state index contributed by atoms with van der Waals surface area (Å²) in [7, 11) is 0. The Bertz CT molecular complexity index is 193. The van der Waals surface area contributed by atoms with Gasteiger partial charge in [0, 0.05) is 0 Å². The van der Waals surface area contributed by atoms with E-state index < -0.39 is 0 Å². The molecule has 0 heterocycles. The zero-order chi connectivity index (χ0) is 8.65. The van der Waals surface area contributed by atoms with Crippen molar-refractivity contribution in [1.29, 1.82) is 0 Å². The predicted molar refractivity (Wildman–Crippen MR) is 50.4 cm³/mol. The van der Waals surface area contributed by atoms with E-state index >= 15 is 0 Å². The van der Waals surface area contributed by atoms with E-state index in [9.17, 15) is 0 Å². The van der Waals surface area contributed by atoms with E-state index in [1.54, 1.807) is 0 Å². The summed E-state index contributed by atoms with van der Waals surface area (Å²) < 4.78 is 5.34. The molecule has 1 rings (SSSR count). The van der Waals surface area contributed by atoms with Gasteiger partial charge in [-0.2, -0.15) is 4.74 Å². The number of hydrogen-bond acceptors (Lipinski definition) is 1. The lowest BCUT2D eigenvalue weighted by Gasteiger charge is -1.94. The zero-order valence-corrected chi connectivity index (χ0v) is 7.49. The lowest BCUT2D eigenvalue weighted by atomic mass is 10.2. The Kier molecular flexibility index (Phi) is 4.32. The fourth-order valence-corrected chi connectivity index (χ4v) is 0.931. The van der Waals surface area contributed by atoms with Crippen LogP contribution in [0.1, 0.15) is 25.3 Å². The van der Waals surface area contributed by atoms with Crippen molar-refractivity contribution in [1.82, 2.24) is 0 Å². The first kappa shape index (κ1) is 9.14. The van der Waals surface area contributed by atoms with Crippen molar-refractivity contribution in [2.45, 2.75) is 26.4 Å². The van der Waals surface area contributed by atoms with Gasteiger partial charge in [-0.3, -0.25) is 0 Å². The van der Waals surface area contributed by atoms with Gasteiger partial charge < -0.3 is 0 Å². The van der Waals surface area contributed by atoms with E-state index in [0.29, 0.717) is 6.61 Å². The molecule has 0 bridgehead atoms. The molecule has 1 aromatic rings. The maximum absolute atomic E-state index is 5.34. The third-order valence-electron chi connectivity index (χ3n) is 1.62. The Morgan fingerprint density at radius 3 is 2.67 bits per heavy atom. The summed E-state index contributed by atoms with van der Waals surface area (Å²) in [6.45, 7) is 4.72. The van der Waals surface area contributed by atoms with Crippen molar-refractivity contribution in [2.24, 2.45) is 0 Å². The average molecular weight is 163 g/mol. The number of hydrogen-bond donors (Lipinski definition) is 0. The van der Waals surface area contributed by atoms with Crippen LogP contribution in [-0.4, -0.2) is 0 Å². The lowest BCUT2D eigenvalue weighted by molar-refractivity contribution is 0.178. The quantitative estimate of drug-likeness (QED) is 0.478. The van der Waals surface area contributed by atoms with Gasteiger partial charge in [-0.25, -0.2) is 0 Å². The molecule has 0 aliphatic heterocycles. The second-order valence-corrected chi connectivity index (χ2v) is 2.75. The molecule has 0 aliphatic rings. The Hall–Kier alpha value is -0.950. The number of unbranched alkanes of at least 4 members (excludes halogenated alkanes) is 1. The molecule has 0 spiro atoms. The largest absolute Gasteiger partial charge is 0.227 e. The summed E-state index contributed by atoms with van der Waals surface area (Å²) in [5, 5.41) is 0. The van der Waals surface area contributed by atoms with Gasteiger partial charge >= 0.3 is 0 Å². The van der Waals surface area contributed by atoms with Gasteiger partial charge in [-0.15, -0.1) is 0 Å². The minimum Gasteiger partial charge on any atom is -0.192 e. The minimum absolute atomic E-state index is 0.695. The van der Waals surface area contributed by atoms with Gasteiger partial charge in [0.15, 0.2) is 0 Å². The van der Waals surface area contributed by atoms with Crippen LogP contribution in [0.3, 0.4) is 0 Å². The predicted octanol–water partition coefficient (Wildman–Crippen LogP) is 3.17. The highest BCUT2D eigenvalue weighted by molar-refractivity contribution is 5.13. The number of ether oxygens (including phenoxy) is 1. The summed E-state index contributed by atoms with van der Waals surface area (Å²) in [6, 6.07) is 10.2. The first-order chi connectivity index (χ1) is 5.93. The van der Waals surface area contributed by atoms with E-state index in [0.717, 1.165) is 12.8 Å². The summed E-state index contributed by atoms with van der Waals surface area (Å²) in [6.07, 6.45) is 2.18. The molecule has 1 nitrogen and oxygen atoms in total. The van der Waals surface area contributed by atoms with Crippen LogP contribution in [0.15, 0.2) is 30.3 Å². The highest BCUT2D eigenvalue weighted by Gasteiger charge is 1.98. The van der Waals surface area contributed by atoms with E-state index in [1.165, 1.54) is 5.56 Å². The molecule has 0 amide bonds. The third kappa shape index (κ3) is 3.44. The van der Waals surface area contributed by atoms with Crippen molar-refractivity contribution in [3.05, 3.63) is 42.5 Å². The van der Waals surface area contributed by atoms with Gasteiger partial charge in [0.25, 0.3) is 0 Å². The van der Waals surface area contributed by atoms with Gasteiger partial charge in [-0.05, 0) is 12.0 Å². The molecule has 64 valence electrons. The van der Waals surface area contributed by atoms with E-state index in [-0.39, 0.29) is 0 Å². The molecular weight excluding hydrogens is 148 g/mol. The van der Waals surface area contributed by atoms with Crippen LogP contribution < -0.4 is 0 Å². The zero-order valence-electron chi connectivity index (χ0n) is 7.49. The number of rotatable bonds is 5. The first-order valence-corrected chi connectivity index (χ1v) is 4.40. The van der Waals surface area contributed by atoms with Crippen LogP contribution >= 0.6 is 0 Å². The Morgan fingerprint density at radius 2 is 2.00 bits per heavy atom. The van der Waals surface area contributed by atoms with Gasteiger partial charge in [-0.1, -0.05) is 37.3 Å². The Morgan fingerprint density at radius 1 is 1.25 bits per heavy atom. The first-order valence-electron chi connectivity index (χ1n) is 4.40. The highest BCUT2D eigenvalue weighted by Crippen LogP contribution is 2.03. The summed E-state index contributed by atoms with van der Waals surface area (Å²) in [5.41, 5.74) is 1.23. The van der Waals surface area contributed by atoms with Crippen molar-refractivity contribution in [2.75, 3.05) is 0 Å². The van der Waals surface area contributed by atoms with Gasteiger partial charge in [0.2, 0.25) is 6.61 Å². The molecule has 0 aromatic heterocycles. The molecule has 0 N–H and O–H groups in total. The number of benzene rings is 1. The molecule has 0 fully saturated rings. The molecule has 1 aromatic carbocycles. The van der Waals surface area contributed by atoms with Crippen molar-refractivity contribution in [3.8, 4) is 0 Å². The third-order valence-corrected chi connectivity index (χ3v) is 1.62. The molecule has 0 atom stereocenters. The molecule has 0 aliphatic carbocycles. The van der Waals surface area contributed by atoms with Crippen LogP contribution in [0.4, 0.5) is 0 Å². The fraction of sp³-hybridized carbons (Fsp3) is 0.364. The molecule has 0 radical (unpaired) electrons. The monoisotopic (exact) mass is 163 g/mol. The smallest absolute Gasteiger partial charge is 0.192 e. The second kappa shape index (κ2) is 5.67. The lowest BCUT2D eigenvalue weighted by Crippen LogP contribution is -1.89. The van der Waals surface area contributed by atoms with Crippen molar-refractivity contribution in [3.63, 3.8) is 0 Å². The Balaban J connectivity index is 2.16. The van der Waals surface area contributed by atoms with Crippen LogP contribution in [0, 0.1) is 6.61 Å². The van der Waals surface area contributed by atoms with E-state index in [4.69, 9.17) is 4.74 Å². The van der Waals surface area contributed by atoms with Crippen LogP contribution in [0.25, 0.3) is 0 Å². The molecule has 12 heavy (non-hydrogen) atoms. The fourth-order valence-electron chi connectivity index (χ4n) is 0.931. The molecular formula is C11H15O+. The van der Waals surface area contributed by atoms with Crippen molar-refractivity contribution >= 4 is 0 Å². The summed E-state index contributed by atoms with van der Waals surface area (Å²) in [5.74, 6) is 0. The maximum Gasteiger partial charge on any atom is 0.227 e. The average Bonchev–Trinajstić information content (AvgIpc) is 2.14. The standard InChI is InChI=1S/C11H15O/c1-2-3-9-12-10-11-7-5-4-6-8-11/h4-9H,2-3,10H2,1H3/q+1. The SMILES string of the molecule is CCC[CH+]OCc1ccccc1. The second-order valence-electron chi connectivity index (χ2n) is 2.75. The van der Waals surface area contributed by atoms with Gasteiger partial charge in [0.1, 0.15) is 13.0 Å². The van der Waals surface area contributed by atoms with Gasteiger partial charge in [0.05, 0.1) is 0 Å². The van der Waals surface area contributed by atoms with E-state index in [1.807, 2.05) is 24.8 Å². The van der Waals surface area contributed by atoms with Crippen LogP contribution in [0.2, 0.25) is 0 Å². The van der Waals surface area contributed by atoms with E-state index in [2.05, 4.69) is 19.1 Å².